The van der Waals surface area contributed by atoms with Crippen molar-refractivity contribution >= 4 is 11.6 Å². The molecule has 0 amide bonds. The lowest BCUT2D eigenvalue weighted by atomic mass is 9.97. The molecule has 0 aromatic heterocycles. The predicted octanol–water partition coefficient (Wildman–Crippen LogP) is 3.84. The summed E-state index contributed by atoms with van der Waals surface area (Å²) in [4.78, 5) is 0. The molecule has 1 unspecified atom stereocenters. The maximum Gasteiger partial charge on any atom is 0.132 e. The number of rotatable bonds is 3. The highest BCUT2D eigenvalue weighted by Gasteiger charge is 2.27. The highest BCUT2D eigenvalue weighted by atomic mass is 35.5. The van der Waals surface area contributed by atoms with Gasteiger partial charge in [0.25, 0.3) is 0 Å². The Morgan fingerprint density at radius 3 is 2.80 bits per heavy atom. The van der Waals surface area contributed by atoms with Gasteiger partial charge in [-0.3, -0.25) is 0 Å². The van der Waals surface area contributed by atoms with E-state index in [0.717, 1.165) is 34.9 Å². The van der Waals surface area contributed by atoms with Crippen molar-refractivity contribution in [2.75, 3.05) is 13.6 Å². The highest BCUT2D eigenvalue weighted by molar-refractivity contribution is 6.33. The molecule has 2 aromatic carbocycles. The number of hydrogen-bond donors (Lipinski definition) is 1. The van der Waals surface area contributed by atoms with E-state index in [2.05, 4.69) is 30.4 Å². The van der Waals surface area contributed by atoms with Crippen molar-refractivity contribution in [2.24, 2.45) is 0 Å². The van der Waals surface area contributed by atoms with Crippen LogP contribution in [-0.2, 0) is 6.42 Å². The second-order valence-corrected chi connectivity index (χ2v) is 5.63. The number of hydrogen-bond acceptors (Lipinski definition) is 2. The Kier molecular flexibility index (Phi) is 3.68. The summed E-state index contributed by atoms with van der Waals surface area (Å²) in [6.07, 6.45) is 1.13. The molecule has 0 fully saturated rings. The molecule has 3 rings (SSSR count). The molecule has 0 radical (unpaired) electrons. The molecular formula is C17H18ClNO. The fourth-order valence-corrected chi connectivity index (χ4v) is 3.05. The van der Waals surface area contributed by atoms with E-state index in [9.17, 15) is 0 Å². The molecule has 104 valence electrons. The minimum atomic E-state index is 0.191. The zero-order valence-corrected chi connectivity index (χ0v) is 12.5. The average molecular weight is 288 g/mol. The van der Waals surface area contributed by atoms with Crippen LogP contribution in [0.3, 0.4) is 0 Å². The fraction of sp³-hybridized carbons (Fsp3) is 0.294. The van der Waals surface area contributed by atoms with E-state index in [4.69, 9.17) is 16.3 Å². The first kappa shape index (κ1) is 13.5. The maximum atomic E-state index is 6.44. The van der Waals surface area contributed by atoms with Crippen LogP contribution in [0.1, 0.15) is 11.1 Å². The normalized spacial score (nSPS) is 16.9. The minimum Gasteiger partial charge on any atom is -0.488 e. The molecule has 2 nitrogen and oxygen atoms in total. The van der Waals surface area contributed by atoms with Crippen molar-refractivity contribution in [1.82, 2.24) is 5.32 Å². The van der Waals surface area contributed by atoms with Crippen LogP contribution in [0.25, 0.3) is 11.1 Å². The summed E-state index contributed by atoms with van der Waals surface area (Å²) in [6.45, 7) is 2.95. The Balaban J connectivity index is 2.10. The lowest BCUT2D eigenvalue weighted by molar-refractivity contribution is 0.232. The molecule has 0 aliphatic carbocycles. The minimum absolute atomic E-state index is 0.191. The molecule has 0 spiro atoms. The molecule has 1 N–H and O–H groups in total. The third-order valence-corrected chi connectivity index (χ3v) is 4.08. The van der Waals surface area contributed by atoms with Crippen LogP contribution in [-0.4, -0.2) is 19.7 Å². The Hall–Kier alpha value is -1.51. The van der Waals surface area contributed by atoms with Gasteiger partial charge in [0.15, 0.2) is 0 Å². The number of fused-ring (bicyclic) bond motifs is 1. The molecule has 3 heteroatoms. The molecule has 1 aliphatic heterocycles. The van der Waals surface area contributed by atoms with E-state index in [0.29, 0.717) is 0 Å². The van der Waals surface area contributed by atoms with Gasteiger partial charge in [-0.15, -0.1) is 0 Å². The van der Waals surface area contributed by atoms with Gasteiger partial charge >= 0.3 is 0 Å². The van der Waals surface area contributed by atoms with Crippen molar-refractivity contribution in [3.63, 3.8) is 0 Å². The van der Waals surface area contributed by atoms with Gasteiger partial charge < -0.3 is 10.1 Å². The third kappa shape index (κ3) is 2.30. The first-order valence-corrected chi connectivity index (χ1v) is 7.27. The van der Waals surface area contributed by atoms with E-state index >= 15 is 0 Å². The molecule has 2 aromatic rings. The molecule has 1 atom stereocenters. The van der Waals surface area contributed by atoms with Crippen LogP contribution in [0, 0.1) is 6.92 Å². The van der Waals surface area contributed by atoms with Gasteiger partial charge in [0.1, 0.15) is 11.9 Å². The highest BCUT2D eigenvalue weighted by Crippen LogP contribution is 2.44. The van der Waals surface area contributed by atoms with Crippen LogP contribution in [0.15, 0.2) is 36.4 Å². The summed E-state index contributed by atoms with van der Waals surface area (Å²) in [5.41, 5.74) is 4.64. The number of likely N-dealkylation sites (N-methyl/N-ethyl adjacent to an activating group) is 1. The number of halogens is 1. The predicted molar refractivity (Wildman–Crippen MR) is 83.7 cm³/mol. The number of benzene rings is 2. The van der Waals surface area contributed by atoms with Crippen molar-refractivity contribution in [3.05, 3.63) is 52.5 Å². The van der Waals surface area contributed by atoms with Gasteiger partial charge in [0.2, 0.25) is 0 Å². The lowest BCUT2D eigenvalue weighted by Gasteiger charge is -2.14. The van der Waals surface area contributed by atoms with Gasteiger partial charge in [-0.1, -0.05) is 41.9 Å². The first-order valence-electron chi connectivity index (χ1n) is 6.89. The Morgan fingerprint density at radius 2 is 2.05 bits per heavy atom. The number of aryl methyl sites for hydroxylation is 1. The standard InChI is InChI=1S/C17H18ClNO/c1-11-5-3-4-6-14(11)16-15(18)8-7-12-9-13(10-19-2)20-17(12)16/h3-8,13,19H,9-10H2,1-2H3. The smallest absolute Gasteiger partial charge is 0.132 e. The summed E-state index contributed by atoms with van der Waals surface area (Å²) in [5, 5.41) is 3.92. The van der Waals surface area contributed by atoms with E-state index in [-0.39, 0.29) is 6.10 Å². The van der Waals surface area contributed by atoms with Crippen molar-refractivity contribution in [2.45, 2.75) is 19.4 Å². The second-order valence-electron chi connectivity index (χ2n) is 5.23. The van der Waals surface area contributed by atoms with Crippen molar-refractivity contribution in [3.8, 4) is 16.9 Å². The zero-order chi connectivity index (χ0) is 14.1. The topological polar surface area (TPSA) is 21.3 Å². The molecule has 0 saturated heterocycles. The zero-order valence-electron chi connectivity index (χ0n) is 11.7. The second kappa shape index (κ2) is 5.47. The molecule has 20 heavy (non-hydrogen) atoms. The monoisotopic (exact) mass is 287 g/mol. The Morgan fingerprint density at radius 1 is 1.25 bits per heavy atom. The van der Waals surface area contributed by atoms with Crippen LogP contribution < -0.4 is 10.1 Å². The summed E-state index contributed by atoms with van der Waals surface area (Å²) < 4.78 is 6.12. The lowest BCUT2D eigenvalue weighted by Crippen LogP contribution is -2.27. The van der Waals surface area contributed by atoms with E-state index in [1.807, 2.05) is 25.2 Å². The summed E-state index contributed by atoms with van der Waals surface area (Å²) in [7, 11) is 1.95. The van der Waals surface area contributed by atoms with Crippen LogP contribution in [0.5, 0.6) is 5.75 Å². The molecule has 1 aliphatic rings. The van der Waals surface area contributed by atoms with Gasteiger partial charge in [-0.05, 0) is 36.7 Å². The maximum absolute atomic E-state index is 6.44. The quantitative estimate of drug-likeness (QED) is 0.926. The summed E-state index contributed by atoms with van der Waals surface area (Å²) in [6, 6.07) is 12.3. The number of ether oxygens (including phenoxy) is 1. The molecule has 0 bridgehead atoms. The van der Waals surface area contributed by atoms with Crippen molar-refractivity contribution in [1.29, 1.82) is 0 Å². The van der Waals surface area contributed by atoms with E-state index in [1.165, 1.54) is 11.1 Å². The Labute approximate surface area is 124 Å². The van der Waals surface area contributed by atoms with Gasteiger partial charge in [-0.25, -0.2) is 0 Å². The summed E-state index contributed by atoms with van der Waals surface area (Å²) >= 11 is 6.44. The Bertz CT molecular complexity index is 639. The van der Waals surface area contributed by atoms with Crippen molar-refractivity contribution < 1.29 is 4.74 Å². The van der Waals surface area contributed by atoms with Gasteiger partial charge in [-0.2, -0.15) is 0 Å². The molecule has 1 heterocycles. The SMILES string of the molecule is CNCC1Cc2ccc(Cl)c(-c3ccccc3C)c2O1. The van der Waals surface area contributed by atoms with E-state index in [1.54, 1.807) is 0 Å². The fourth-order valence-electron chi connectivity index (χ4n) is 2.80. The van der Waals surface area contributed by atoms with Crippen LogP contribution in [0.4, 0.5) is 0 Å². The van der Waals surface area contributed by atoms with Crippen LogP contribution in [0.2, 0.25) is 5.02 Å². The molecular weight excluding hydrogens is 270 g/mol. The molecule has 0 saturated carbocycles. The first-order chi connectivity index (χ1) is 9.70. The third-order valence-electron chi connectivity index (χ3n) is 3.77. The van der Waals surface area contributed by atoms with Gasteiger partial charge in [0.05, 0.1) is 5.02 Å². The largest absolute Gasteiger partial charge is 0.488 e. The van der Waals surface area contributed by atoms with Gasteiger partial charge in [0, 0.05) is 18.5 Å². The average Bonchev–Trinajstić information content (AvgIpc) is 2.83. The number of nitrogens with one attached hydrogen (secondary N) is 1. The van der Waals surface area contributed by atoms with Crippen LogP contribution >= 0.6 is 11.6 Å². The van der Waals surface area contributed by atoms with E-state index < -0.39 is 0 Å². The summed E-state index contributed by atoms with van der Waals surface area (Å²) in [5.74, 6) is 0.951.